The predicted molar refractivity (Wildman–Crippen MR) is 75.5 cm³/mol. The molecular formula is C12H18N2O3S2. The van der Waals surface area contributed by atoms with Crippen molar-refractivity contribution < 1.29 is 13.2 Å². The van der Waals surface area contributed by atoms with Crippen LogP contribution in [0.2, 0.25) is 0 Å². The fraction of sp³-hybridized carbons (Fsp3) is 0.583. The predicted octanol–water partition coefficient (Wildman–Crippen LogP) is 1.35. The van der Waals surface area contributed by atoms with E-state index >= 15 is 0 Å². The highest BCUT2D eigenvalue weighted by Gasteiger charge is 2.29. The second-order valence-electron chi connectivity index (χ2n) is 4.72. The fourth-order valence-corrected chi connectivity index (χ4v) is 3.54. The Kier molecular flexibility index (Phi) is 4.59. The summed E-state index contributed by atoms with van der Waals surface area (Å²) in [6.45, 7) is 0.933. The average Bonchev–Trinajstić information content (AvgIpc) is 2.97. The molecule has 0 bridgehead atoms. The third kappa shape index (κ3) is 4.02. The van der Waals surface area contributed by atoms with Crippen molar-refractivity contribution in [3.8, 4) is 0 Å². The zero-order valence-electron chi connectivity index (χ0n) is 10.8. The molecule has 0 radical (unpaired) electrons. The second-order valence-corrected chi connectivity index (χ2v) is 7.33. The Morgan fingerprint density at radius 1 is 1.58 bits per heavy atom. The maximum atomic E-state index is 12.1. The zero-order chi connectivity index (χ0) is 13.9. The standard InChI is InChI=1S/C12H18N2O3S2/c1-19(16,17)13-6-4-12(15)14-7-2-3-11(14)10-5-8-18-9-10/h5,8-9,11,13H,2-4,6-7H2,1H3/t11-/m0/s1. The van der Waals surface area contributed by atoms with E-state index in [1.54, 1.807) is 11.3 Å². The molecule has 0 saturated carbocycles. The van der Waals surface area contributed by atoms with Gasteiger partial charge in [-0.1, -0.05) is 0 Å². The Balaban J connectivity index is 1.91. The lowest BCUT2D eigenvalue weighted by atomic mass is 10.1. The zero-order valence-corrected chi connectivity index (χ0v) is 12.5. The molecular weight excluding hydrogens is 284 g/mol. The van der Waals surface area contributed by atoms with Crippen LogP contribution in [-0.4, -0.2) is 38.6 Å². The van der Waals surface area contributed by atoms with Crippen LogP contribution in [0.25, 0.3) is 0 Å². The lowest BCUT2D eigenvalue weighted by Crippen LogP contribution is -2.33. The van der Waals surface area contributed by atoms with Crippen molar-refractivity contribution in [1.82, 2.24) is 9.62 Å². The molecule has 0 aromatic carbocycles. The van der Waals surface area contributed by atoms with Gasteiger partial charge in [-0.2, -0.15) is 11.3 Å². The van der Waals surface area contributed by atoms with Gasteiger partial charge in [0, 0.05) is 19.5 Å². The van der Waals surface area contributed by atoms with Crippen molar-refractivity contribution >= 4 is 27.3 Å². The summed E-state index contributed by atoms with van der Waals surface area (Å²) in [4.78, 5) is 14.0. The first kappa shape index (κ1) is 14.5. The Hall–Kier alpha value is -0.920. The van der Waals surface area contributed by atoms with E-state index in [2.05, 4.69) is 16.2 Å². The number of amides is 1. The highest BCUT2D eigenvalue weighted by molar-refractivity contribution is 7.88. The number of hydrogen-bond acceptors (Lipinski definition) is 4. The third-order valence-electron chi connectivity index (χ3n) is 3.20. The summed E-state index contributed by atoms with van der Waals surface area (Å²) in [5, 5.41) is 4.09. The number of nitrogens with one attached hydrogen (secondary N) is 1. The Bertz CT molecular complexity index is 525. The summed E-state index contributed by atoms with van der Waals surface area (Å²) < 4.78 is 24.3. The van der Waals surface area contributed by atoms with Crippen LogP contribution in [0, 0.1) is 0 Å². The molecule has 2 rings (SSSR count). The number of nitrogens with zero attached hydrogens (tertiary/aromatic N) is 1. The third-order valence-corrected chi connectivity index (χ3v) is 4.63. The summed E-state index contributed by atoms with van der Waals surface area (Å²) in [6.07, 6.45) is 3.31. The van der Waals surface area contributed by atoms with Crippen LogP contribution < -0.4 is 4.72 Å². The van der Waals surface area contributed by atoms with E-state index in [-0.39, 0.29) is 24.9 Å². The molecule has 1 fully saturated rings. The molecule has 0 spiro atoms. The van der Waals surface area contributed by atoms with Crippen LogP contribution in [0.3, 0.4) is 0 Å². The van der Waals surface area contributed by atoms with Gasteiger partial charge in [-0.3, -0.25) is 4.79 Å². The first-order valence-corrected chi connectivity index (χ1v) is 9.07. The molecule has 7 heteroatoms. The highest BCUT2D eigenvalue weighted by Crippen LogP contribution is 2.33. The molecule has 1 saturated heterocycles. The minimum atomic E-state index is -3.22. The lowest BCUT2D eigenvalue weighted by molar-refractivity contribution is -0.131. The number of carbonyl (C=O) groups excluding carboxylic acids is 1. The lowest BCUT2D eigenvalue weighted by Gasteiger charge is -2.24. The van der Waals surface area contributed by atoms with Crippen molar-refractivity contribution in [3.63, 3.8) is 0 Å². The normalized spacial score (nSPS) is 19.8. The molecule has 1 N–H and O–H groups in total. The number of sulfonamides is 1. The number of likely N-dealkylation sites (tertiary alicyclic amines) is 1. The monoisotopic (exact) mass is 302 g/mol. The van der Waals surface area contributed by atoms with E-state index in [1.807, 2.05) is 10.3 Å². The molecule has 2 heterocycles. The van der Waals surface area contributed by atoms with E-state index < -0.39 is 10.0 Å². The molecule has 1 aliphatic heterocycles. The molecule has 1 amide bonds. The van der Waals surface area contributed by atoms with Crippen molar-refractivity contribution in [2.24, 2.45) is 0 Å². The van der Waals surface area contributed by atoms with Crippen LogP contribution >= 0.6 is 11.3 Å². The average molecular weight is 302 g/mol. The van der Waals surface area contributed by atoms with E-state index in [0.29, 0.717) is 0 Å². The van der Waals surface area contributed by atoms with Gasteiger partial charge in [0.2, 0.25) is 15.9 Å². The van der Waals surface area contributed by atoms with Gasteiger partial charge in [-0.15, -0.1) is 0 Å². The summed E-state index contributed by atoms with van der Waals surface area (Å²) in [6, 6.07) is 2.22. The van der Waals surface area contributed by atoms with Crippen molar-refractivity contribution in [2.45, 2.75) is 25.3 Å². The fourth-order valence-electron chi connectivity index (χ4n) is 2.36. The Morgan fingerprint density at radius 2 is 2.37 bits per heavy atom. The minimum absolute atomic E-state index is 0.0184. The minimum Gasteiger partial charge on any atom is -0.336 e. The highest BCUT2D eigenvalue weighted by atomic mass is 32.2. The number of carbonyl (C=O) groups is 1. The number of thiophene rings is 1. The summed E-state index contributed by atoms with van der Waals surface area (Å²) in [5.41, 5.74) is 1.19. The molecule has 0 unspecified atom stereocenters. The van der Waals surface area contributed by atoms with Gasteiger partial charge in [0.05, 0.1) is 12.3 Å². The molecule has 106 valence electrons. The van der Waals surface area contributed by atoms with Gasteiger partial charge >= 0.3 is 0 Å². The summed E-state index contributed by atoms with van der Waals surface area (Å²) in [7, 11) is -3.22. The maximum Gasteiger partial charge on any atom is 0.224 e. The molecule has 1 aromatic rings. The Morgan fingerprint density at radius 3 is 3.00 bits per heavy atom. The number of hydrogen-bond donors (Lipinski definition) is 1. The van der Waals surface area contributed by atoms with Crippen molar-refractivity contribution in [3.05, 3.63) is 22.4 Å². The smallest absolute Gasteiger partial charge is 0.224 e. The van der Waals surface area contributed by atoms with E-state index in [4.69, 9.17) is 0 Å². The van der Waals surface area contributed by atoms with Crippen LogP contribution in [0.1, 0.15) is 30.9 Å². The quantitative estimate of drug-likeness (QED) is 0.893. The van der Waals surface area contributed by atoms with Crippen LogP contribution in [0.4, 0.5) is 0 Å². The van der Waals surface area contributed by atoms with Gasteiger partial charge in [0.1, 0.15) is 0 Å². The van der Waals surface area contributed by atoms with Gasteiger partial charge in [0.15, 0.2) is 0 Å². The molecule has 1 atom stereocenters. The summed E-state index contributed by atoms with van der Waals surface area (Å²) >= 11 is 1.63. The molecule has 0 aliphatic carbocycles. The van der Waals surface area contributed by atoms with Crippen molar-refractivity contribution in [1.29, 1.82) is 0 Å². The van der Waals surface area contributed by atoms with Crippen molar-refractivity contribution in [2.75, 3.05) is 19.3 Å². The van der Waals surface area contributed by atoms with Gasteiger partial charge in [-0.05, 0) is 35.2 Å². The maximum absolute atomic E-state index is 12.1. The van der Waals surface area contributed by atoms with Gasteiger partial charge in [-0.25, -0.2) is 13.1 Å². The first-order valence-electron chi connectivity index (χ1n) is 6.23. The van der Waals surface area contributed by atoms with Crippen LogP contribution in [-0.2, 0) is 14.8 Å². The molecule has 1 aromatic heterocycles. The Labute approximate surface area is 117 Å². The molecule has 5 nitrogen and oxygen atoms in total. The topological polar surface area (TPSA) is 66.5 Å². The van der Waals surface area contributed by atoms with E-state index in [0.717, 1.165) is 25.6 Å². The second kappa shape index (κ2) is 6.02. The van der Waals surface area contributed by atoms with Crippen LogP contribution in [0.15, 0.2) is 16.8 Å². The largest absolute Gasteiger partial charge is 0.336 e. The van der Waals surface area contributed by atoms with Gasteiger partial charge < -0.3 is 4.90 Å². The number of rotatable bonds is 5. The van der Waals surface area contributed by atoms with E-state index in [1.165, 1.54) is 5.56 Å². The summed E-state index contributed by atoms with van der Waals surface area (Å²) in [5.74, 6) is 0.0184. The SMILES string of the molecule is CS(=O)(=O)NCCC(=O)N1CCC[C@H]1c1ccsc1. The molecule has 1 aliphatic rings. The van der Waals surface area contributed by atoms with Gasteiger partial charge in [0.25, 0.3) is 0 Å². The van der Waals surface area contributed by atoms with E-state index in [9.17, 15) is 13.2 Å². The molecule has 19 heavy (non-hydrogen) atoms. The first-order chi connectivity index (χ1) is 8.97. The van der Waals surface area contributed by atoms with Crippen LogP contribution in [0.5, 0.6) is 0 Å².